The molecule has 0 fully saturated rings. The Bertz CT molecular complexity index is 1190. The van der Waals surface area contributed by atoms with Gasteiger partial charge in [0.15, 0.2) is 5.69 Å². The monoisotopic (exact) mass is 492 g/mol. The molecule has 0 radical (unpaired) electrons. The summed E-state index contributed by atoms with van der Waals surface area (Å²) in [7, 11) is 2.96. The molecule has 0 amide bonds. The lowest BCUT2D eigenvalue weighted by molar-refractivity contribution is 0.00702. The summed E-state index contributed by atoms with van der Waals surface area (Å²) in [5.41, 5.74) is 3.66. The second-order valence-electron chi connectivity index (χ2n) is 9.68. The van der Waals surface area contributed by atoms with E-state index >= 15 is 0 Å². The molecule has 3 rings (SSSR count). The van der Waals surface area contributed by atoms with Gasteiger partial charge in [0.1, 0.15) is 11.4 Å². The van der Waals surface area contributed by atoms with Crippen molar-refractivity contribution in [1.29, 1.82) is 0 Å². The standard InChI is InChI=1S/C29H36N2O5/c1-7-8-13-25-30-24(19-34-5)26(28(33)35-6)31(25)18-20-14-16-21(17-15-20)22-11-9-10-12-23(22)27(32)36-29(2,3)4/h9-12,14-17H,7-8,13,18-19H2,1-6H3. The van der Waals surface area contributed by atoms with Crippen molar-refractivity contribution in [2.45, 2.75) is 65.7 Å². The van der Waals surface area contributed by atoms with Crippen LogP contribution in [0.1, 0.15) is 78.5 Å². The molecule has 0 aliphatic carbocycles. The fourth-order valence-corrected chi connectivity index (χ4v) is 4.03. The van der Waals surface area contributed by atoms with E-state index < -0.39 is 11.6 Å². The summed E-state index contributed by atoms with van der Waals surface area (Å²) in [6.45, 7) is 8.39. The van der Waals surface area contributed by atoms with Crippen LogP contribution in [0.2, 0.25) is 0 Å². The maximum atomic E-state index is 12.8. The molecule has 1 heterocycles. The highest BCUT2D eigenvalue weighted by Crippen LogP contribution is 2.27. The first kappa shape index (κ1) is 27.1. The van der Waals surface area contributed by atoms with Crippen LogP contribution in [0.4, 0.5) is 0 Å². The largest absolute Gasteiger partial charge is 0.464 e. The molecule has 0 aliphatic heterocycles. The summed E-state index contributed by atoms with van der Waals surface area (Å²) in [6, 6.07) is 15.4. The Kier molecular flexibility index (Phi) is 9.04. The maximum Gasteiger partial charge on any atom is 0.356 e. The first-order valence-corrected chi connectivity index (χ1v) is 12.3. The number of benzene rings is 2. The predicted octanol–water partition coefficient (Wildman–Crippen LogP) is 5.83. The van der Waals surface area contributed by atoms with E-state index in [1.807, 2.05) is 67.8 Å². The van der Waals surface area contributed by atoms with Crippen LogP contribution >= 0.6 is 0 Å². The summed E-state index contributed by atoms with van der Waals surface area (Å²) in [6.07, 6.45) is 2.74. The van der Waals surface area contributed by atoms with Crippen LogP contribution in [0.5, 0.6) is 0 Å². The molecule has 2 aromatic carbocycles. The Morgan fingerprint density at radius 3 is 2.28 bits per heavy atom. The number of carbonyl (C=O) groups excluding carboxylic acids is 2. The smallest absolute Gasteiger partial charge is 0.356 e. The minimum absolute atomic E-state index is 0.233. The van der Waals surface area contributed by atoms with Gasteiger partial charge in [-0.3, -0.25) is 0 Å². The number of nitrogens with zero attached hydrogens (tertiary/aromatic N) is 2. The molecule has 0 aliphatic rings. The Balaban J connectivity index is 1.95. The van der Waals surface area contributed by atoms with Crippen LogP contribution in [0.15, 0.2) is 48.5 Å². The number of methoxy groups -OCH3 is 2. The van der Waals surface area contributed by atoms with E-state index in [-0.39, 0.29) is 12.6 Å². The highest BCUT2D eigenvalue weighted by Gasteiger charge is 2.24. The second-order valence-corrected chi connectivity index (χ2v) is 9.68. The van der Waals surface area contributed by atoms with Crippen molar-refractivity contribution in [3.8, 4) is 11.1 Å². The molecule has 0 spiro atoms. The number of aryl methyl sites for hydroxylation is 1. The highest BCUT2D eigenvalue weighted by atomic mass is 16.6. The molecule has 0 saturated carbocycles. The van der Waals surface area contributed by atoms with Gasteiger partial charge in [0.2, 0.25) is 0 Å². The molecule has 192 valence electrons. The Labute approximate surface area is 213 Å². The molecule has 1 aromatic heterocycles. The molecule has 7 nitrogen and oxygen atoms in total. The van der Waals surface area contributed by atoms with Gasteiger partial charge in [-0.15, -0.1) is 0 Å². The van der Waals surface area contributed by atoms with Gasteiger partial charge in [0, 0.05) is 20.1 Å². The zero-order valence-corrected chi connectivity index (χ0v) is 22.1. The van der Waals surface area contributed by atoms with E-state index in [9.17, 15) is 9.59 Å². The zero-order chi connectivity index (χ0) is 26.3. The van der Waals surface area contributed by atoms with E-state index in [1.54, 1.807) is 13.2 Å². The molecule has 0 unspecified atom stereocenters. The van der Waals surface area contributed by atoms with Crippen LogP contribution in [0, 0.1) is 0 Å². The average molecular weight is 493 g/mol. The number of hydrogen-bond donors (Lipinski definition) is 0. The molecular weight excluding hydrogens is 456 g/mol. The van der Waals surface area contributed by atoms with Crippen molar-refractivity contribution in [2.24, 2.45) is 0 Å². The summed E-state index contributed by atoms with van der Waals surface area (Å²) in [4.78, 5) is 30.2. The minimum Gasteiger partial charge on any atom is -0.464 e. The van der Waals surface area contributed by atoms with E-state index in [1.165, 1.54) is 7.11 Å². The lowest BCUT2D eigenvalue weighted by Crippen LogP contribution is -2.24. The summed E-state index contributed by atoms with van der Waals surface area (Å²) < 4.78 is 17.9. The fourth-order valence-electron chi connectivity index (χ4n) is 4.03. The third kappa shape index (κ3) is 6.61. The summed E-state index contributed by atoms with van der Waals surface area (Å²) in [5, 5.41) is 0. The lowest BCUT2D eigenvalue weighted by Gasteiger charge is -2.20. The molecule has 0 bridgehead atoms. The van der Waals surface area contributed by atoms with E-state index in [0.717, 1.165) is 41.8 Å². The molecule has 0 atom stereocenters. The fraction of sp³-hybridized carbons (Fsp3) is 0.414. The van der Waals surface area contributed by atoms with Crippen molar-refractivity contribution in [3.63, 3.8) is 0 Å². The molecule has 3 aromatic rings. The predicted molar refractivity (Wildman–Crippen MR) is 139 cm³/mol. The highest BCUT2D eigenvalue weighted by molar-refractivity contribution is 5.97. The topological polar surface area (TPSA) is 79.7 Å². The molecule has 0 saturated heterocycles. The van der Waals surface area contributed by atoms with Crippen LogP contribution in [0.3, 0.4) is 0 Å². The van der Waals surface area contributed by atoms with Gasteiger partial charge in [-0.2, -0.15) is 0 Å². The Morgan fingerprint density at radius 2 is 1.67 bits per heavy atom. The number of unbranched alkanes of at least 4 members (excludes halogenated alkanes) is 1. The summed E-state index contributed by atoms with van der Waals surface area (Å²) in [5.74, 6) is 0.0541. The number of ether oxygens (including phenoxy) is 3. The number of aromatic nitrogens is 2. The maximum absolute atomic E-state index is 12.8. The number of esters is 2. The van der Waals surface area contributed by atoms with Crippen LogP contribution < -0.4 is 0 Å². The van der Waals surface area contributed by atoms with Crippen LogP contribution in [0.25, 0.3) is 11.1 Å². The van der Waals surface area contributed by atoms with Crippen molar-refractivity contribution in [1.82, 2.24) is 9.55 Å². The quantitative estimate of drug-likeness (QED) is 0.331. The van der Waals surface area contributed by atoms with Crippen molar-refractivity contribution >= 4 is 11.9 Å². The SMILES string of the molecule is CCCCc1nc(COC)c(C(=O)OC)n1Cc1ccc(-c2ccccc2C(=O)OC(C)(C)C)cc1. The average Bonchev–Trinajstić information content (AvgIpc) is 3.18. The molecule has 36 heavy (non-hydrogen) atoms. The molecule has 0 N–H and O–H groups in total. The van der Waals surface area contributed by atoms with Crippen molar-refractivity contribution < 1.29 is 23.8 Å². The van der Waals surface area contributed by atoms with Gasteiger partial charge in [0.05, 0.1) is 25.0 Å². The van der Waals surface area contributed by atoms with Crippen LogP contribution in [-0.2, 0) is 33.8 Å². The number of hydrogen-bond acceptors (Lipinski definition) is 6. The summed E-state index contributed by atoms with van der Waals surface area (Å²) >= 11 is 0. The van der Waals surface area contributed by atoms with E-state index in [2.05, 4.69) is 6.92 Å². The van der Waals surface area contributed by atoms with Crippen molar-refractivity contribution in [3.05, 3.63) is 76.9 Å². The third-order valence-electron chi connectivity index (χ3n) is 5.68. The number of imidazole rings is 1. The Hall–Kier alpha value is -3.45. The van der Waals surface area contributed by atoms with E-state index in [4.69, 9.17) is 19.2 Å². The zero-order valence-electron chi connectivity index (χ0n) is 22.1. The van der Waals surface area contributed by atoms with Crippen molar-refractivity contribution in [2.75, 3.05) is 14.2 Å². The van der Waals surface area contributed by atoms with Gasteiger partial charge >= 0.3 is 11.9 Å². The Morgan fingerprint density at radius 1 is 0.972 bits per heavy atom. The first-order valence-electron chi connectivity index (χ1n) is 12.3. The van der Waals surface area contributed by atoms with Gasteiger partial charge < -0.3 is 18.8 Å². The number of carbonyl (C=O) groups is 2. The third-order valence-corrected chi connectivity index (χ3v) is 5.68. The normalized spacial score (nSPS) is 11.4. The lowest BCUT2D eigenvalue weighted by atomic mass is 9.98. The van der Waals surface area contributed by atoms with Gasteiger partial charge in [0.25, 0.3) is 0 Å². The van der Waals surface area contributed by atoms with Gasteiger partial charge in [-0.05, 0) is 49.9 Å². The van der Waals surface area contributed by atoms with E-state index in [0.29, 0.717) is 23.5 Å². The first-order chi connectivity index (χ1) is 17.2. The van der Waals surface area contributed by atoms with Gasteiger partial charge in [-0.1, -0.05) is 55.8 Å². The molecular formula is C29H36N2O5. The molecule has 7 heteroatoms. The van der Waals surface area contributed by atoms with Crippen LogP contribution in [-0.4, -0.2) is 41.3 Å². The minimum atomic E-state index is -0.576. The van der Waals surface area contributed by atoms with Gasteiger partial charge in [-0.25, -0.2) is 14.6 Å². The second kappa shape index (κ2) is 12.0. The number of rotatable bonds is 10.